The molecule has 0 saturated carbocycles. The number of ether oxygens (including phenoxy) is 1. The Morgan fingerprint density at radius 2 is 2.35 bits per heavy atom. The molecule has 1 aromatic heterocycles. The lowest BCUT2D eigenvalue weighted by molar-refractivity contribution is 0.198. The second kappa shape index (κ2) is 8.71. The van der Waals surface area contributed by atoms with E-state index in [0.717, 1.165) is 49.6 Å². The van der Waals surface area contributed by atoms with Gasteiger partial charge in [0.05, 0.1) is 24.7 Å². The molecule has 0 spiro atoms. The Morgan fingerprint density at radius 1 is 1.46 bits per heavy atom. The Kier molecular flexibility index (Phi) is 6.12. The van der Waals surface area contributed by atoms with Crippen molar-refractivity contribution in [3.63, 3.8) is 0 Å². The first-order valence-corrected chi connectivity index (χ1v) is 9.13. The molecule has 3 N–H and O–H groups in total. The molecule has 0 radical (unpaired) electrons. The molecule has 1 aliphatic heterocycles. The van der Waals surface area contributed by atoms with Gasteiger partial charge in [-0.2, -0.15) is 5.10 Å². The minimum atomic E-state index is -0.195. The van der Waals surface area contributed by atoms with Gasteiger partial charge in [0.2, 0.25) is 0 Å². The average Bonchev–Trinajstić information content (AvgIpc) is 3.10. The number of anilines is 1. The third kappa shape index (κ3) is 4.54. The van der Waals surface area contributed by atoms with Crippen LogP contribution in [0.25, 0.3) is 0 Å². The van der Waals surface area contributed by atoms with Crippen LogP contribution in [-0.4, -0.2) is 47.9 Å². The van der Waals surface area contributed by atoms with E-state index in [1.165, 1.54) is 5.56 Å². The molecule has 1 saturated heterocycles. The van der Waals surface area contributed by atoms with Crippen molar-refractivity contribution in [2.45, 2.75) is 32.2 Å². The zero-order valence-electron chi connectivity index (χ0n) is 15.4. The Morgan fingerprint density at radius 3 is 3.15 bits per heavy atom. The first-order valence-electron chi connectivity index (χ1n) is 9.13. The number of aromatic nitrogens is 2. The van der Waals surface area contributed by atoms with Crippen molar-refractivity contribution in [1.29, 1.82) is 0 Å². The van der Waals surface area contributed by atoms with E-state index in [1.54, 1.807) is 13.3 Å². The first kappa shape index (κ1) is 18.3. The lowest BCUT2D eigenvalue weighted by atomic mass is 9.93. The van der Waals surface area contributed by atoms with Crippen LogP contribution in [0.4, 0.5) is 10.5 Å². The monoisotopic (exact) mass is 357 g/mol. The topological polar surface area (TPSA) is 82.3 Å². The molecule has 2 aromatic rings. The summed E-state index contributed by atoms with van der Waals surface area (Å²) < 4.78 is 5.32. The molecule has 140 valence electrons. The van der Waals surface area contributed by atoms with Crippen LogP contribution in [0.3, 0.4) is 0 Å². The van der Waals surface area contributed by atoms with E-state index >= 15 is 0 Å². The van der Waals surface area contributed by atoms with Crippen LogP contribution in [0.5, 0.6) is 5.75 Å². The fourth-order valence-corrected chi connectivity index (χ4v) is 3.50. The minimum absolute atomic E-state index is 0.195. The molecule has 1 fully saturated rings. The number of aromatic amines is 1. The maximum atomic E-state index is 11.8. The minimum Gasteiger partial charge on any atom is -0.497 e. The van der Waals surface area contributed by atoms with E-state index < -0.39 is 0 Å². The molecule has 1 aliphatic rings. The molecule has 0 aliphatic carbocycles. The largest absolute Gasteiger partial charge is 0.497 e. The van der Waals surface area contributed by atoms with Gasteiger partial charge in [0, 0.05) is 25.6 Å². The van der Waals surface area contributed by atoms with Crippen LogP contribution in [0.15, 0.2) is 30.5 Å². The van der Waals surface area contributed by atoms with Crippen LogP contribution >= 0.6 is 0 Å². The summed E-state index contributed by atoms with van der Waals surface area (Å²) in [6, 6.07) is 8.01. The third-order valence-electron chi connectivity index (χ3n) is 4.71. The van der Waals surface area contributed by atoms with Crippen molar-refractivity contribution in [2.24, 2.45) is 0 Å². The molecule has 3 rings (SSSR count). The van der Waals surface area contributed by atoms with Gasteiger partial charge in [0.15, 0.2) is 0 Å². The fraction of sp³-hybridized carbons (Fsp3) is 0.474. The molecule has 2 amide bonds. The Bertz CT molecular complexity index is 730. The summed E-state index contributed by atoms with van der Waals surface area (Å²) in [6.07, 6.45) is 3.89. The highest BCUT2D eigenvalue weighted by Crippen LogP contribution is 2.31. The third-order valence-corrected chi connectivity index (χ3v) is 4.71. The summed E-state index contributed by atoms with van der Waals surface area (Å²) in [5.41, 5.74) is 3.02. The molecule has 1 aromatic carbocycles. The van der Waals surface area contributed by atoms with Gasteiger partial charge in [0.25, 0.3) is 0 Å². The lowest BCUT2D eigenvalue weighted by Crippen LogP contribution is -2.34. The molecule has 1 atom stereocenters. The summed E-state index contributed by atoms with van der Waals surface area (Å²) >= 11 is 0. The number of methoxy groups -OCH3 is 1. The number of benzene rings is 1. The second-order valence-corrected chi connectivity index (χ2v) is 6.61. The van der Waals surface area contributed by atoms with Gasteiger partial charge in [-0.25, -0.2) is 4.79 Å². The number of likely N-dealkylation sites (tertiary alicyclic amines) is 1. The first-order chi connectivity index (χ1) is 12.7. The molecule has 0 bridgehead atoms. The Balaban J connectivity index is 1.65. The van der Waals surface area contributed by atoms with Crippen LogP contribution < -0.4 is 15.4 Å². The number of carbonyl (C=O) groups is 1. The van der Waals surface area contributed by atoms with Crippen molar-refractivity contribution >= 4 is 11.7 Å². The van der Waals surface area contributed by atoms with Crippen LogP contribution in [0.2, 0.25) is 0 Å². The zero-order valence-corrected chi connectivity index (χ0v) is 15.4. The molecular formula is C19H27N5O2. The zero-order chi connectivity index (χ0) is 18.4. The maximum absolute atomic E-state index is 11.8. The number of H-pyrrole nitrogens is 1. The highest BCUT2D eigenvalue weighted by Gasteiger charge is 2.25. The summed E-state index contributed by atoms with van der Waals surface area (Å²) in [6.45, 7) is 5.38. The van der Waals surface area contributed by atoms with Crippen LogP contribution in [0, 0.1) is 0 Å². The van der Waals surface area contributed by atoms with Crippen LogP contribution in [0.1, 0.15) is 36.9 Å². The number of carbonyl (C=O) groups excluding carboxylic acids is 1. The molecule has 7 heteroatoms. The molecule has 7 nitrogen and oxygen atoms in total. The van der Waals surface area contributed by atoms with E-state index in [4.69, 9.17) is 4.74 Å². The normalized spacial score (nSPS) is 17.7. The van der Waals surface area contributed by atoms with Crippen molar-refractivity contribution in [3.05, 3.63) is 41.7 Å². The standard InChI is InChI=1S/C19H27N5O2/c1-3-20-19(25)22-17-11-21-23-18(17)15-7-5-9-24(13-15)12-14-6-4-8-16(10-14)26-2/h4,6,8,10-11,15H,3,5,7,9,12-13H2,1-2H3,(H,21,23)(H2,20,22,25). The van der Waals surface area contributed by atoms with Crippen molar-refractivity contribution in [3.8, 4) is 5.75 Å². The number of amides is 2. The summed E-state index contributed by atoms with van der Waals surface area (Å²) in [4.78, 5) is 14.3. The summed E-state index contributed by atoms with van der Waals surface area (Å²) in [7, 11) is 1.69. The number of nitrogens with one attached hydrogen (secondary N) is 3. The van der Waals surface area contributed by atoms with Gasteiger partial charge < -0.3 is 15.4 Å². The van der Waals surface area contributed by atoms with E-state index in [1.807, 2.05) is 19.1 Å². The van der Waals surface area contributed by atoms with E-state index in [9.17, 15) is 4.79 Å². The molecule has 1 unspecified atom stereocenters. The van der Waals surface area contributed by atoms with Gasteiger partial charge in [-0.3, -0.25) is 10.00 Å². The van der Waals surface area contributed by atoms with Gasteiger partial charge in [0.1, 0.15) is 5.75 Å². The summed E-state index contributed by atoms with van der Waals surface area (Å²) in [5, 5.41) is 12.9. The molecule has 26 heavy (non-hydrogen) atoms. The number of hydrogen-bond donors (Lipinski definition) is 3. The number of rotatable bonds is 6. The summed E-state index contributed by atoms with van der Waals surface area (Å²) in [5.74, 6) is 1.21. The number of hydrogen-bond acceptors (Lipinski definition) is 4. The molecule has 2 heterocycles. The van der Waals surface area contributed by atoms with E-state index in [2.05, 4.69) is 37.9 Å². The van der Waals surface area contributed by atoms with Gasteiger partial charge in [-0.05, 0) is 44.0 Å². The predicted octanol–water partition coefficient (Wildman–Crippen LogP) is 2.94. The second-order valence-electron chi connectivity index (χ2n) is 6.61. The van der Waals surface area contributed by atoms with Crippen molar-refractivity contribution < 1.29 is 9.53 Å². The van der Waals surface area contributed by atoms with Gasteiger partial charge in [-0.1, -0.05) is 12.1 Å². The Labute approximate surface area is 154 Å². The number of piperidine rings is 1. The highest BCUT2D eigenvalue weighted by molar-refractivity contribution is 5.89. The fourth-order valence-electron chi connectivity index (χ4n) is 3.50. The Hall–Kier alpha value is -2.54. The van der Waals surface area contributed by atoms with E-state index in [-0.39, 0.29) is 6.03 Å². The number of nitrogens with zero attached hydrogens (tertiary/aromatic N) is 2. The van der Waals surface area contributed by atoms with Gasteiger partial charge >= 0.3 is 6.03 Å². The highest BCUT2D eigenvalue weighted by atomic mass is 16.5. The van der Waals surface area contributed by atoms with Crippen molar-refractivity contribution in [1.82, 2.24) is 20.4 Å². The lowest BCUT2D eigenvalue weighted by Gasteiger charge is -2.32. The average molecular weight is 357 g/mol. The predicted molar refractivity (Wildman–Crippen MR) is 102 cm³/mol. The van der Waals surface area contributed by atoms with Crippen LogP contribution in [-0.2, 0) is 6.54 Å². The number of urea groups is 1. The molecular weight excluding hydrogens is 330 g/mol. The van der Waals surface area contributed by atoms with E-state index in [0.29, 0.717) is 12.5 Å². The quantitative estimate of drug-likeness (QED) is 0.742. The van der Waals surface area contributed by atoms with Gasteiger partial charge in [-0.15, -0.1) is 0 Å². The SMILES string of the molecule is CCNC(=O)Nc1cn[nH]c1C1CCCN(Cc2cccc(OC)c2)C1. The smallest absolute Gasteiger partial charge is 0.319 e. The maximum Gasteiger partial charge on any atom is 0.319 e. The van der Waals surface area contributed by atoms with Crippen molar-refractivity contribution in [2.75, 3.05) is 32.1 Å².